The van der Waals surface area contributed by atoms with Gasteiger partial charge in [0, 0.05) is 12.2 Å². The number of anilines is 1. The number of alkyl carbamates (subject to hydrolysis) is 1. The van der Waals surface area contributed by atoms with Crippen LogP contribution >= 0.6 is 0 Å². The lowest BCUT2D eigenvalue weighted by atomic mass is 9.97. The van der Waals surface area contributed by atoms with Crippen molar-refractivity contribution in [2.24, 2.45) is 5.92 Å². The second kappa shape index (κ2) is 14.0. The van der Waals surface area contributed by atoms with Crippen molar-refractivity contribution < 1.29 is 19.1 Å². The highest BCUT2D eigenvalue weighted by Gasteiger charge is 2.37. The molecule has 0 radical (unpaired) electrons. The zero-order valence-electron chi connectivity index (χ0n) is 24.3. The first kappa shape index (κ1) is 30.9. The molecule has 0 spiro atoms. The van der Waals surface area contributed by atoms with Gasteiger partial charge in [0.25, 0.3) is 5.91 Å². The lowest BCUT2D eigenvalue weighted by molar-refractivity contribution is -0.141. The van der Waals surface area contributed by atoms with Gasteiger partial charge in [0.05, 0.1) is 0 Å². The molecule has 0 aliphatic rings. The molecule has 2 aromatic rings. The van der Waals surface area contributed by atoms with E-state index in [0.717, 1.165) is 30.4 Å². The molecule has 38 heavy (non-hydrogen) atoms. The number of aryl methyl sites for hydroxylation is 2. The van der Waals surface area contributed by atoms with Gasteiger partial charge in [-0.15, -0.1) is 0 Å². The first-order chi connectivity index (χ1) is 17.8. The molecule has 2 aromatic carbocycles. The molecule has 0 aliphatic carbocycles. The normalized spacial score (nSPS) is 13.0. The Bertz CT molecular complexity index is 1070. The van der Waals surface area contributed by atoms with E-state index in [1.54, 1.807) is 25.7 Å². The first-order valence-electron chi connectivity index (χ1n) is 13.6. The van der Waals surface area contributed by atoms with E-state index in [2.05, 4.69) is 17.6 Å². The van der Waals surface area contributed by atoms with Crippen molar-refractivity contribution >= 4 is 23.6 Å². The molecule has 3 amide bonds. The second-order valence-electron chi connectivity index (χ2n) is 11.2. The standard InChI is InChI=1S/C31H45N3O4/c1-9-10-13-20-34(29(36)26(21(2)3)33-30(37)38-31(6,7)8)27(24-18-16-22(4)17-19-24)28(35)32-25-15-12-11-14-23(25)5/h11-12,14-19,21,26-27H,9-10,13,20H2,1-8H3,(H,32,35)(H,33,37). The van der Waals surface area contributed by atoms with E-state index in [1.807, 2.05) is 76.2 Å². The summed E-state index contributed by atoms with van der Waals surface area (Å²) in [6, 6.07) is 13.5. The fraction of sp³-hybridized carbons (Fsp3) is 0.516. The van der Waals surface area contributed by atoms with Gasteiger partial charge in [-0.05, 0) is 64.2 Å². The number of benzene rings is 2. The second-order valence-corrected chi connectivity index (χ2v) is 11.2. The molecule has 0 aromatic heterocycles. The van der Waals surface area contributed by atoms with E-state index < -0.39 is 23.8 Å². The zero-order valence-corrected chi connectivity index (χ0v) is 24.3. The number of para-hydroxylation sites is 1. The Morgan fingerprint density at radius 1 is 0.947 bits per heavy atom. The van der Waals surface area contributed by atoms with Crippen molar-refractivity contribution in [1.82, 2.24) is 10.2 Å². The Labute approximate surface area is 228 Å². The van der Waals surface area contributed by atoms with E-state index in [-0.39, 0.29) is 17.7 Å². The average Bonchev–Trinajstić information content (AvgIpc) is 2.83. The van der Waals surface area contributed by atoms with Crippen molar-refractivity contribution in [2.75, 3.05) is 11.9 Å². The Kier molecular flexibility index (Phi) is 11.4. The number of nitrogens with zero attached hydrogens (tertiary/aromatic N) is 1. The molecule has 208 valence electrons. The van der Waals surface area contributed by atoms with Crippen molar-refractivity contribution in [3.8, 4) is 0 Å². The minimum absolute atomic E-state index is 0.221. The summed E-state index contributed by atoms with van der Waals surface area (Å²) in [5.41, 5.74) is 2.70. The molecule has 0 heterocycles. The Morgan fingerprint density at radius 2 is 1.58 bits per heavy atom. The van der Waals surface area contributed by atoms with Gasteiger partial charge < -0.3 is 20.3 Å². The van der Waals surface area contributed by atoms with Crippen LogP contribution in [0, 0.1) is 19.8 Å². The van der Waals surface area contributed by atoms with Gasteiger partial charge in [0.2, 0.25) is 5.91 Å². The molecule has 2 rings (SSSR count). The summed E-state index contributed by atoms with van der Waals surface area (Å²) in [5.74, 6) is -0.831. The summed E-state index contributed by atoms with van der Waals surface area (Å²) in [7, 11) is 0. The van der Waals surface area contributed by atoms with E-state index in [9.17, 15) is 14.4 Å². The van der Waals surface area contributed by atoms with Gasteiger partial charge in [-0.2, -0.15) is 0 Å². The number of nitrogens with one attached hydrogen (secondary N) is 2. The SMILES string of the molecule is CCCCCN(C(=O)C(NC(=O)OC(C)(C)C)C(C)C)C(C(=O)Nc1ccccc1C)c1ccc(C)cc1. The zero-order chi connectivity index (χ0) is 28.5. The number of ether oxygens (including phenoxy) is 1. The van der Waals surface area contributed by atoms with Crippen LogP contribution in [0.4, 0.5) is 10.5 Å². The maximum Gasteiger partial charge on any atom is 0.408 e. The molecule has 2 atom stereocenters. The summed E-state index contributed by atoms with van der Waals surface area (Å²) >= 11 is 0. The van der Waals surface area contributed by atoms with Crippen LogP contribution in [0.25, 0.3) is 0 Å². The fourth-order valence-electron chi connectivity index (χ4n) is 4.16. The molecule has 2 unspecified atom stereocenters. The molecule has 7 heteroatoms. The molecule has 0 saturated carbocycles. The summed E-state index contributed by atoms with van der Waals surface area (Å²) in [4.78, 5) is 42.4. The highest BCUT2D eigenvalue weighted by atomic mass is 16.6. The number of unbranched alkanes of at least 4 members (excludes halogenated alkanes) is 2. The van der Waals surface area contributed by atoms with Crippen molar-refractivity contribution in [2.45, 2.75) is 92.3 Å². The Hall–Kier alpha value is -3.35. The van der Waals surface area contributed by atoms with Gasteiger partial charge >= 0.3 is 6.09 Å². The minimum atomic E-state index is -0.874. The Morgan fingerprint density at radius 3 is 2.13 bits per heavy atom. The van der Waals surface area contributed by atoms with Crippen LogP contribution in [0.1, 0.15) is 83.5 Å². The third-order valence-electron chi connectivity index (χ3n) is 6.25. The third kappa shape index (κ3) is 9.19. The number of carbonyl (C=O) groups excluding carboxylic acids is 3. The van der Waals surface area contributed by atoms with E-state index in [0.29, 0.717) is 17.8 Å². The van der Waals surface area contributed by atoms with E-state index in [1.165, 1.54) is 0 Å². The van der Waals surface area contributed by atoms with Crippen LogP contribution < -0.4 is 10.6 Å². The van der Waals surface area contributed by atoms with Crippen molar-refractivity contribution in [1.29, 1.82) is 0 Å². The van der Waals surface area contributed by atoms with Crippen molar-refractivity contribution in [3.63, 3.8) is 0 Å². The number of amides is 3. The fourth-order valence-corrected chi connectivity index (χ4v) is 4.16. The Balaban J connectivity index is 2.52. The maximum absolute atomic E-state index is 14.2. The third-order valence-corrected chi connectivity index (χ3v) is 6.25. The van der Waals surface area contributed by atoms with Gasteiger partial charge in [-0.1, -0.05) is 81.6 Å². The van der Waals surface area contributed by atoms with E-state index in [4.69, 9.17) is 4.74 Å². The monoisotopic (exact) mass is 523 g/mol. The highest BCUT2D eigenvalue weighted by molar-refractivity contribution is 5.99. The van der Waals surface area contributed by atoms with Crippen LogP contribution in [-0.2, 0) is 14.3 Å². The van der Waals surface area contributed by atoms with Crippen LogP contribution in [0.5, 0.6) is 0 Å². The predicted octanol–water partition coefficient (Wildman–Crippen LogP) is 6.55. The summed E-state index contributed by atoms with van der Waals surface area (Å²) in [6.07, 6.45) is 1.96. The molecule has 0 fully saturated rings. The summed E-state index contributed by atoms with van der Waals surface area (Å²) in [6.45, 7) is 15.5. The quantitative estimate of drug-likeness (QED) is 0.327. The number of carbonyl (C=O) groups is 3. The smallest absolute Gasteiger partial charge is 0.408 e. The largest absolute Gasteiger partial charge is 0.444 e. The predicted molar refractivity (Wildman–Crippen MR) is 153 cm³/mol. The minimum Gasteiger partial charge on any atom is -0.444 e. The molecule has 7 nitrogen and oxygen atoms in total. The molecule has 0 bridgehead atoms. The number of rotatable bonds is 11. The first-order valence-corrected chi connectivity index (χ1v) is 13.6. The van der Waals surface area contributed by atoms with Gasteiger partial charge in [0.1, 0.15) is 17.7 Å². The van der Waals surface area contributed by atoms with E-state index >= 15 is 0 Å². The van der Waals surface area contributed by atoms with Crippen LogP contribution in [-0.4, -0.2) is 41.0 Å². The molecule has 2 N–H and O–H groups in total. The van der Waals surface area contributed by atoms with Crippen molar-refractivity contribution in [3.05, 3.63) is 65.2 Å². The molecular formula is C31H45N3O4. The highest BCUT2D eigenvalue weighted by Crippen LogP contribution is 2.27. The molecular weight excluding hydrogens is 478 g/mol. The number of hydrogen-bond donors (Lipinski definition) is 2. The topological polar surface area (TPSA) is 87.7 Å². The summed E-state index contributed by atoms with van der Waals surface area (Å²) < 4.78 is 5.44. The summed E-state index contributed by atoms with van der Waals surface area (Å²) in [5, 5.41) is 5.82. The van der Waals surface area contributed by atoms with Gasteiger partial charge in [0.15, 0.2) is 0 Å². The molecule has 0 saturated heterocycles. The lowest BCUT2D eigenvalue weighted by Gasteiger charge is -2.35. The van der Waals surface area contributed by atoms with Crippen LogP contribution in [0.15, 0.2) is 48.5 Å². The maximum atomic E-state index is 14.2. The van der Waals surface area contributed by atoms with Gasteiger partial charge in [-0.25, -0.2) is 4.79 Å². The lowest BCUT2D eigenvalue weighted by Crippen LogP contribution is -2.54. The molecule has 0 aliphatic heterocycles. The van der Waals surface area contributed by atoms with Crippen LogP contribution in [0.2, 0.25) is 0 Å². The number of hydrogen-bond acceptors (Lipinski definition) is 4. The average molecular weight is 524 g/mol. The van der Waals surface area contributed by atoms with Gasteiger partial charge in [-0.3, -0.25) is 9.59 Å². The van der Waals surface area contributed by atoms with Crippen LogP contribution in [0.3, 0.4) is 0 Å².